The van der Waals surface area contributed by atoms with Gasteiger partial charge in [-0.05, 0) is 31.2 Å². The molecule has 2 unspecified atom stereocenters. The third-order valence-electron chi connectivity index (χ3n) is 4.13. The standard InChI is InChI=1S/C14H23N3O3S/c1-10-4-3-5-11(7-6-10)16-14(18)13-8-12(9-17(13)2)21(15,19)20/h8-11H,3-7H2,1-2H3,(H,16,18)(H2,15,19,20). The molecule has 3 N–H and O–H groups in total. The molecular weight excluding hydrogens is 290 g/mol. The van der Waals surface area contributed by atoms with Crippen molar-refractivity contribution in [3.8, 4) is 0 Å². The van der Waals surface area contributed by atoms with Crippen LogP contribution in [0.1, 0.15) is 49.5 Å². The fourth-order valence-corrected chi connectivity index (χ4v) is 3.39. The summed E-state index contributed by atoms with van der Waals surface area (Å²) < 4.78 is 24.1. The summed E-state index contributed by atoms with van der Waals surface area (Å²) in [5.74, 6) is 0.461. The highest BCUT2D eigenvalue weighted by atomic mass is 32.2. The van der Waals surface area contributed by atoms with Crippen LogP contribution in [0.25, 0.3) is 0 Å². The number of rotatable bonds is 3. The molecule has 1 aromatic rings. The van der Waals surface area contributed by atoms with Gasteiger partial charge in [0.2, 0.25) is 10.0 Å². The van der Waals surface area contributed by atoms with Crippen LogP contribution in [0.4, 0.5) is 0 Å². The molecule has 0 saturated heterocycles. The zero-order chi connectivity index (χ0) is 15.6. The molecule has 1 aromatic heterocycles. The molecule has 1 aliphatic rings. The molecule has 0 radical (unpaired) electrons. The van der Waals surface area contributed by atoms with Crippen LogP contribution in [0.3, 0.4) is 0 Å². The van der Waals surface area contributed by atoms with E-state index in [4.69, 9.17) is 5.14 Å². The van der Waals surface area contributed by atoms with Gasteiger partial charge < -0.3 is 9.88 Å². The average Bonchev–Trinajstić information content (AvgIpc) is 2.66. The van der Waals surface area contributed by atoms with Crippen molar-refractivity contribution in [2.45, 2.75) is 50.0 Å². The molecule has 2 rings (SSSR count). The zero-order valence-corrected chi connectivity index (χ0v) is 13.3. The summed E-state index contributed by atoms with van der Waals surface area (Å²) >= 11 is 0. The molecule has 1 heterocycles. The van der Waals surface area contributed by atoms with Crippen molar-refractivity contribution in [3.05, 3.63) is 18.0 Å². The summed E-state index contributed by atoms with van der Waals surface area (Å²) in [7, 11) is -2.15. The van der Waals surface area contributed by atoms with Crippen LogP contribution in [0.15, 0.2) is 17.2 Å². The molecule has 1 fully saturated rings. The van der Waals surface area contributed by atoms with Crippen molar-refractivity contribution in [2.24, 2.45) is 18.1 Å². The Morgan fingerprint density at radius 1 is 1.33 bits per heavy atom. The fraction of sp³-hybridized carbons (Fsp3) is 0.643. The number of amides is 1. The summed E-state index contributed by atoms with van der Waals surface area (Å²) in [6.45, 7) is 2.24. The normalized spacial score (nSPS) is 23.6. The van der Waals surface area contributed by atoms with E-state index < -0.39 is 10.0 Å². The number of carbonyl (C=O) groups excluding carboxylic acids is 1. The minimum Gasteiger partial charge on any atom is -0.348 e. The quantitative estimate of drug-likeness (QED) is 0.825. The molecule has 0 bridgehead atoms. The van der Waals surface area contributed by atoms with Crippen molar-refractivity contribution in [1.29, 1.82) is 0 Å². The first-order valence-corrected chi connectivity index (χ1v) is 8.82. The first kappa shape index (κ1) is 16.0. The maximum atomic E-state index is 12.3. The first-order chi connectivity index (χ1) is 9.77. The lowest BCUT2D eigenvalue weighted by atomic mass is 10.0. The van der Waals surface area contributed by atoms with Crippen molar-refractivity contribution >= 4 is 15.9 Å². The SMILES string of the molecule is CC1CCCC(NC(=O)c2cc(S(N)(=O)=O)cn2C)CC1. The Morgan fingerprint density at radius 3 is 2.67 bits per heavy atom. The maximum absolute atomic E-state index is 12.3. The molecule has 1 saturated carbocycles. The van der Waals surface area contributed by atoms with Crippen LogP contribution >= 0.6 is 0 Å². The van der Waals surface area contributed by atoms with E-state index in [1.54, 1.807) is 7.05 Å². The Labute approximate surface area is 125 Å². The van der Waals surface area contributed by atoms with Gasteiger partial charge in [-0.25, -0.2) is 13.6 Å². The Balaban J connectivity index is 2.08. The topological polar surface area (TPSA) is 94.2 Å². The van der Waals surface area contributed by atoms with Gasteiger partial charge in [0, 0.05) is 19.3 Å². The van der Waals surface area contributed by atoms with Gasteiger partial charge >= 0.3 is 0 Å². The molecule has 21 heavy (non-hydrogen) atoms. The minimum absolute atomic E-state index is 0.0374. The molecular formula is C14H23N3O3S. The van der Waals surface area contributed by atoms with Gasteiger partial charge in [-0.3, -0.25) is 4.79 Å². The van der Waals surface area contributed by atoms with E-state index in [2.05, 4.69) is 12.2 Å². The van der Waals surface area contributed by atoms with Gasteiger partial charge in [0.05, 0.1) is 0 Å². The number of hydrogen-bond donors (Lipinski definition) is 2. The second-order valence-electron chi connectivity index (χ2n) is 6.00. The fourth-order valence-electron chi connectivity index (χ4n) is 2.81. The summed E-state index contributed by atoms with van der Waals surface area (Å²) in [5.41, 5.74) is 0.316. The number of sulfonamides is 1. The largest absolute Gasteiger partial charge is 0.348 e. The lowest BCUT2D eigenvalue weighted by Crippen LogP contribution is -2.35. The van der Waals surface area contributed by atoms with E-state index >= 15 is 0 Å². The van der Waals surface area contributed by atoms with Crippen LogP contribution in [0, 0.1) is 5.92 Å². The van der Waals surface area contributed by atoms with Crippen LogP contribution < -0.4 is 10.5 Å². The summed E-state index contributed by atoms with van der Waals surface area (Å²) in [4.78, 5) is 12.3. The Kier molecular flexibility index (Phi) is 4.73. The predicted octanol–water partition coefficient (Wildman–Crippen LogP) is 1.37. The summed E-state index contributed by atoms with van der Waals surface area (Å²) in [6.07, 6.45) is 6.73. The number of primary sulfonamides is 1. The van der Waals surface area contributed by atoms with E-state index in [9.17, 15) is 13.2 Å². The molecule has 118 valence electrons. The molecule has 1 amide bonds. The van der Waals surface area contributed by atoms with Crippen LogP contribution in [0.5, 0.6) is 0 Å². The number of nitrogens with one attached hydrogen (secondary N) is 1. The van der Waals surface area contributed by atoms with Crippen molar-refractivity contribution in [2.75, 3.05) is 0 Å². The van der Waals surface area contributed by atoms with Crippen molar-refractivity contribution in [3.63, 3.8) is 0 Å². The molecule has 2 atom stereocenters. The van der Waals surface area contributed by atoms with Crippen molar-refractivity contribution in [1.82, 2.24) is 9.88 Å². The molecule has 7 heteroatoms. The Hall–Kier alpha value is -1.34. The van der Waals surface area contributed by atoms with E-state index in [0.29, 0.717) is 11.6 Å². The number of aromatic nitrogens is 1. The first-order valence-electron chi connectivity index (χ1n) is 7.27. The zero-order valence-electron chi connectivity index (χ0n) is 12.5. The number of aryl methyl sites for hydroxylation is 1. The van der Waals surface area contributed by atoms with Gasteiger partial charge in [-0.1, -0.05) is 19.8 Å². The molecule has 1 aliphatic carbocycles. The van der Waals surface area contributed by atoms with Crippen LogP contribution in [-0.4, -0.2) is 24.9 Å². The van der Waals surface area contributed by atoms with Gasteiger partial charge in [0.25, 0.3) is 5.91 Å². The summed E-state index contributed by atoms with van der Waals surface area (Å²) in [5, 5.41) is 8.09. The van der Waals surface area contributed by atoms with Crippen molar-refractivity contribution < 1.29 is 13.2 Å². The second-order valence-corrected chi connectivity index (χ2v) is 7.56. The third-order valence-corrected chi connectivity index (χ3v) is 5.01. The number of nitrogens with two attached hydrogens (primary N) is 1. The van der Waals surface area contributed by atoms with E-state index in [-0.39, 0.29) is 16.8 Å². The van der Waals surface area contributed by atoms with E-state index in [1.807, 2.05) is 0 Å². The number of carbonyl (C=O) groups is 1. The molecule has 6 nitrogen and oxygen atoms in total. The lowest BCUT2D eigenvalue weighted by molar-refractivity contribution is 0.0925. The number of hydrogen-bond acceptors (Lipinski definition) is 3. The second kappa shape index (κ2) is 6.19. The number of nitrogens with zero attached hydrogens (tertiary/aromatic N) is 1. The Bertz CT molecular complexity index is 621. The maximum Gasteiger partial charge on any atom is 0.268 e. The molecule has 0 aromatic carbocycles. The lowest BCUT2D eigenvalue weighted by Gasteiger charge is -2.16. The highest BCUT2D eigenvalue weighted by molar-refractivity contribution is 7.89. The predicted molar refractivity (Wildman–Crippen MR) is 80.3 cm³/mol. The van der Waals surface area contributed by atoms with Gasteiger partial charge in [-0.15, -0.1) is 0 Å². The van der Waals surface area contributed by atoms with Gasteiger partial charge in [0.1, 0.15) is 10.6 Å². The van der Waals surface area contributed by atoms with Gasteiger partial charge in [0.15, 0.2) is 0 Å². The Morgan fingerprint density at radius 2 is 2.05 bits per heavy atom. The van der Waals surface area contributed by atoms with Crippen LogP contribution in [-0.2, 0) is 17.1 Å². The monoisotopic (exact) mass is 313 g/mol. The highest BCUT2D eigenvalue weighted by Gasteiger charge is 2.21. The van der Waals surface area contributed by atoms with Gasteiger partial charge in [-0.2, -0.15) is 0 Å². The average molecular weight is 313 g/mol. The molecule has 0 aliphatic heterocycles. The molecule has 0 spiro atoms. The van der Waals surface area contributed by atoms with E-state index in [0.717, 1.165) is 25.7 Å². The smallest absolute Gasteiger partial charge is 0.268 e. The summed E-state index contributed by atoms with van der Waals surface area (Å²) in [6, 6.07) is 1.49. The minimum atomic E-state index is -3.79. The highest BCUT2D eigenvalue weighted by Crippen LogP contribution is 2.23. The van der Waals surface area contributed by atoms with E-state index in [1.165, 1.54) is 23.3 Å². The third kappa shape index (κ3) is 4.07. The van der Waals surface area contributed by atoms with Crippen LogP contribution in [0.2, 0.25) is 0 Å².